The Morgan fingerprint density at radius 2 is 1.58 bits per heavy atom. The Hall–Kier alpha value is -2.70. The Balaban J connectivity index is 1.52. The number of carbonyl (C=O) groups excluding carboxylic acids is 4. The number of nitrogens with zero attached hydrogens (tertiary/aromatic N) is 3. The van der Waals surface area contributed by atoms with Gasteiger partial charge < -0.3 is 9.80 Å². The molecule has 138 valence electrons. The van der Waals surface area contributed by atoms with Crippen LogP contribution in [0.25, 0.3) is 0 Å². The van der Waals surface area contributed by atoms with E-state index in [-0.39, 0.29) is 42.5 Å². The molecule has 0 radical (unpaired) electrons. The molecule has 0 unspecified atom stereocenters. The smallest absolute Gasteiger partial charge is 0.261 e. The van der Waals surface area contributed by atoms with Gasteiger partial charge in [0.25, 0.3) is 11.8 Å². The molecule has 0 spiro atoms. The van der Waals surface area contributed by atoms with Gasteiger partial charge in [-0.25, -0.2) is 0 Å². The van der Waals surface area contributed by atoms with Crippen molar-refractivity contribution in [2.75, 3.05) is 33.7 Å². The van der Waals surface area contributed by atoms with Gasteiger partial charge in [0.05, 0.1) is 11.1 Å². The van der Waals surface area contributed by atoms with Crippen molar-refractivity contribution in [3.05, 3.63) is 35.4 Å². The zero-order valence-corrected chi connectivity index (χ0v) is 15.1. The van der Waals surface area contributed by atoms with E-state index in [1.807, 2.05) is 0 Å². The van der Waals surface area contributed by atoms with E-state index in [1.165, 1.54) is 0 Å². The van der Waals surface area contributed by atoms with Crippen molar-refractivity contribution < 1.29 is 19.2 Å². The van der Waals surface area contributed by atoms with Crippen LogP contribution in [0.1, 0.15) is 40.0 Å². The molecular formula is C19H23N3O4. The molecule has 2 heterocycles. The van der Waals surface area contributed by atoms with Crippen molar-refractivity contribution in [1.82, 2.24) is 14.7 Å². The number of hydrogen-bond donors (Lipinski definition) is 0. The molecular weight excluding hydrogens is 334 g/mol. The average molecular weight is 357 g/mol. The third kappa shape index (κ3) is 3.34. The van der Waals surface area contributed by atoms with Gasteiger partial charge in [0.2, 0.25) is 11.8 Å². The maximum Gasteiger partial charge on any atom is 0.261 e. The summed E-state index contributed by atoms with van der Waals surface area (Å²) in [5.41, 5.74) is 0.793. The van der Waals surface area contributed by atoms with E-state index in [4.69, 9.17) is 0 Å². The van der Waals surface area contributed by atoms with E-state index in [0.717, 1.165) is 4.90 Å². The van der Waals surface area contributed by atoms with Crippen molar-refractivity contribution in [1.29, 1.82) is 0 Å². The van der Waals surface area contributed by atoms with E-state index in [0.29, 0.717) is 37.1 Å². The molecule has 0 aromatic heterocycles. The van der Waals surface area contributed by atoms with E-state index < -0.39 is 0 Å². The van der Waals surface area contributed by atoms with Gasteiger partial charge in [0.1, 0.15) is 0 Å². The lowest BCUT2D eigenvalue weighted by Crippen LogP contribution is -2.44. The highest BCUT2D eigenvalue weighted by atomic mass is 16.2. The first-order valence-electron chi connectivity index (χ1n) is 8.84. The van der Waals surface area contributed by atoms with Crippen molar-refractivity contribution in [2.45, 2.75) is 19.3 Å². The lowest BCUT2D eigenvalue weighted by atomic mass is 9.95. The van der Waals surface area contributed by atoms with Crippen LogP contribution in [-0.4, -0.2) is 72.1 Å². The summed E-state index contributed by atoms with van der Waals surface area (Å²) in [7, 11) is 3.48. The third-order valence-corrected chi connectivity index (χ3v) is 5.07. The zero-order chi connectivity index (χ0) is 18.8. The van der Waals surface area contributed by atoms with Gasteiger partial charge in [0.15, 0.2) is 0 Å². The molecule has 0 bridgehead atoms. The number of benzene rings is 1. The summed E-state index contributed by atoms with van der Waals surface area (Å²) < 4.78 is 0. The lowest BCUT2D eigenvalue weighted by Gasteiger charge is -2.32. The molecule has 1 fully saturated rings. The number of rotatable bonds is 4. The summed E-state index contributed by atoms with van der Waals surface area (Å²) in [5.74, 6) is -0.701. The number of piperidine rings is 1. The van der Waals surface area contributed by atoms with Crippen molar-refractivity contribution in [3.63, 3.8) is 0 Å². The monoisotopic (exact) mass is 357 g/mol. The Bertz CT molecular complexity index is 716. The molecule has 1 aromatic carbocycles. The maximum absolute atomic E-state index is 12.4. The fourth-order valence-corrected chi connectivity index (χ4v) is 3.55. The van der Waals surface area contributed by atoms with Crippen LogP contribution in [-0.2, 0) is 9.59 Å². The molecule has 1 saturated heterocycles. The number of imide groups is 1. The van der Waals surface area contributed by atoms with Gasteiger partial charge >= 0.3 is 0 Å². The van der Waals surface area contributed by atoms with Crippen molar-refractivity contribution in [2.24, 2.45) is 5.92 Å². The first kappa shape index (κ1) is 18.1. The summed E-state index contributed by atoms with van der Waals surface area (Å²) in [4.78, 5) is 53.5. The topological polar surface area (TPSA) is 78.0 Å². The predicted molar refractivity (Wildman–Crippen MR) is 94.4 cm³/mol. The number of fused-ring (bicyclic) bond motifs is 1. The number of carbonyl (C=O) groups is 4. The van der Waals surface area contributed by atoms with Crippen LogP contribution in [0.2, 0.25) is 0 Å². The van der Waals surface area contributed by atoms with Crippen LogP contribution in [0.15, 0.2) is 24.3 Å². The van der Waals surface area contributed by atoms with E-state index in [1.54, 1.807) is 48.2 Å². The highest BCUT2D eigenvalue weighted by molar-refractivity contribution is 6.21. The summed E-state index contributed by atoms with van der Waals surface area (Å²) in [6, 6.07) is 6.70. The van der Waals surface area contributed by atoms with Crippen molar-refractivity contribution >= 4 is 23.6 Å². The Labute approximate surface area is 152 Å². The van der Waals surface area contributed by atoms with Crippen LogP contribution >= 0.6 is 0 Å². The third-order valence-electron chi connectivity index (χ3n) is 5.07. The second-order valence-electron chi connectivity index (χ2n) is 6.95. The van der Waals surface area contributed by atoms with Crippen LogP contribution < -0.4 is 0 Å². The molecule has 0 aliphatic carbocycles. The lowest BCUT2D eigenvalue weighted by molar-refractivity contribution is -0.139. The summed E-state index contributed by atoms with van der Waals surface area (Å²) >= 11 is 0. The molecule has 7 heteroatoms. The Kier molecular flexibility index (Phi) is 5.06. The number of amides is 4. The summed E-state index contributed by atoms with van der Waals surface area (Å²) in [6.07, 6.45) is 1.41. The second kappa shape index (κ2) is 7.27. The minimum absolute atomic E-state index is 0.0368. The molecule has 4 amide bonds. The fourth-order valence-electron chi connectivity index (χ4n) is 3.55. The maximum atomic E-state index is 12.4. The summed E-state index contributed by atoms with van der Waals surface area (Å²) in [5, 5.41) is 0. The quantitative estimate of drug-likeness (QED) is 0.753. The number of likely N-dealkylation sites (tertiary alicyclic amines) is 1. The van der Waals surface area contributed by atoms with Gasteiger partial charge in [-0.3, -0.25) is 24.1 Å². The minimum atomic E-state index is -0.339. The molecule has 26 heavy (non-hydrogen) atoms. The molecule has 1 aromatic rings. The fraction of sp³-hybridized carbons (Fsp3) is 0.474. The molecule has 0 N–H and O–H groups in total. The second-order valence-corrected chi connectivity index (χ2v) is 6.95. The van der Waals surface area contributed by atoms with Crippen LogP contribution in [0.3, 0.4) is 0 Å². The molecule has 3 rings (SSSR count). The van der Waals surface area contributed by atoms with Gasteiger partial charge in [-0.2, -0.15) is 0 Å². The minimum Gasteiger partial charge on any atom is -0.349 e. The Morgan fingerprint density at radius 3 is 2.08 bits per heavy atom. The van der Waals surface area contributed by atoms with Gasteiger partial charge in [0, 0.05) is 46.1 Å². The SMILES string of the molecule is CN(C)C(=O)C1CCN(C(=O)CCN2C(=O)c3ccccc3C2=O)CC1. The first-order chi connectivity index (χ1) is 12.4. The van der Waals surface area contributed by atoms with Gasteiger partial charge in [-0.1, -0.05) is 12.1 Å². The zero-order valence-electron chi connectivity index (χ0n) is 15.1. The van der Waals surface area contributed by atoms with Gasteiger partial charge in [-0.15, -0.1) is 0 Å². The van der Waals surface area contributed by atoms with E-state index >= 15 is 0 Å². The van der Waals surface area contributed by atoms with Crippen molar-refractivity contribution in [3.8, 4) is 0 Å². The first-order valence-corrected chi connectivity index (χ1v) is 8.84. The molecule has 2 aliphatic heterocycles. The highest BCUT2D eigenvalue weighted by Gasteiger charge is 2.35. The molecule has 7 nitrogen and oxygen atoms in total. The van der Waals surface area contributed by atoms with Crippen LogP contribution in [0.5, 0.6) is 0 Å². The summed E-state index contributed by atoms with van der Waals surface area (Å²) in [6.45, 7) is 1.15. The van der Waals surface area contributed by atoms with Crippen LogP contribution in [0, 0.1) is 5.92 Å². The van der Waals surface area contributed by atoms with Gasteiger partial charge in [-0.05, 0) is 25.0 Å². The molecule has 0 saturated carbocycles. The Morgan fingerprint density at radius 1 is 1.04 bits per heavy atom. The predicted octanol–water partition coefficient (Wildman–Crippen LogP) is 1.000. The highest BCUT2D eigenvalue weighted by Crippen LogP contribution is 2.23. The van der Waals surface area contributed by atoms with Crippen LogP contribution in [0.4, 0.5) is 0 Å². The largest absolute Gasteiger partial charge is 0.349 e. The van der Waals surface area contributed by atoms with E-state index in [2.05, 4.69) is 0 Å². The number of hydrogen-bond acceptors (Lipinski definition) is 4. The molecule has 2 aliphatic rings. The standard InChI is InChI=1S/C19H23N3O4/c1-20(2)17(24)13-7-10-21(11-8-13)16(23)9-12-22-18(25)14-5-3-4-6-15(14)19(22)26/h3-6,13H,7-12H2,1-2H3. The average Bonchev–Trinajstić information content (AvgIpc) is 2.90. The van der Waals surface area contributed by atoms with E-state index in [9.17, 15) is 19.2 Å². The molecule has 0 atom stereocenters. The normalized spacial score (nSPS) is 17.5.